The van der Waals surface area contributed by atoms with Crippen molar-refractivity contribution in [2.75, 3.05) is 11.9 Å². The summed E-state index contributed by atoms with van der Waals surface area (Å²) >= 11 is 0.954. The number of carbonyl (C=O) groups excluding carboxylic acids is 2. The summed E-state index contributed by atoms with van der Waals surface area (Å²) in [5, 5.41) is 20.6. The maximum Gasteiger partial charge on any atom is 0.414 e. The Kier molecular flexibility index (Phi) is 5.94. The van der Waals surface area contributed by atoms with Gasteiger partial charge in [0.15, 0.2) is 0 Å². The highest BCUT2D eigenvalue weighted by Gasteiger charge is 2.29. The van der Waals surface area contributed by atoms with Crippen LogP contribution < -0.4 is 10.6 Å². The first-order chi connectivity index (χ1) is 17.0. The molecule has 2 heterocycles. The number of aromatic carboxylic acids is 1. The molecule has 35 heavy (non-hydrogen) atoms. The number of fused-ring (bicyclic) bond motifs is 3. The van der Waals surface area contributed by atoms with Gasteiger partial charge in [0.05, 0.1) is 12.7 Å². The number of carboxylic acid groups (broad SMARTS) is 1. The van der Waals surface area contributed by atoms with Gasteiger partial charge in [0.2, 0.25) is 5.82 Å². The molecular formula is C23H18N6O5S. The minimum Gasteiger partial charge on any atom is -0.477 e. The Morgan fingerprint density at radius 1 is 1.06 bits per heavy atom. The van der Waals surface area contributed by atoms with Crippen LogP contribution in [0.1, 0.15) is 42.3 Å². The standard InChI is InChI=1S/C23H18N6O5S/c30-20(25-10-18-24-9-17(35-18)21(31)32)19-26-22(29-28-19)27-23(33)34-11-16-14-7-3-1-5-12(14)13-6-2-4-8-15(13)16/h1-9,16H,10-11H2,(H,25,30)(H,31,32)(H2,26,27,28,29,33). The predicted molar refractivity (Wildman–Crippen MR) is 125 cm³/mol. The first-order valence-electron chi connectivity index (χ1n) is 10.5. The van der Waals surface area contributed by atoms with E-state index in [0.717, 1.165) is 33.6 Å². The summed E-state index contributed by atoms with van der Waals surface area (Å²) in [5.74, 6) is -2.01. The topological polar surface area (TPSA) is 159 Å². The molecular weight excluding hydrogens is 472 g/mol. The quantitative estimate of drug-likeness (QED) is 0.307. The number of aromatic nitrogens is 4. The molecule has 11 nitrogen and oxygen atoms in total. The summed E-state index contributed by atoms with van der Waals surface area (Å²) in [6, 6.07) is 16.0. The van der Waals surface area contributed by atoms with Crippen LogP contribution in [0.25, 0.3) is 11.1 Å². The van der Waals surface area contributed by atoms with Gasteiger partial charge in [0.25, 0.3) is 11.9 Å². The molecule has 0 radical (unpaired) electrons. The van der Waals surface area contributed by atoms with E-state index >= 15 is 0 Å². The van der Waals surface area contributed by atoms with Gasteiger partial charge >= 0.3 is 12.1 Å². The number of rotatable bonds is 7. The van der Waals surface area contributed by atoms with Crippen molar-refractivity contribution in [3.8, 4) is 11.1 Å². The molecule has 0 spiro atoms. The predicted octanol–water partition coefficient (Wildman–Crippen LogP) is 3.25. The lowest BCUT2D eigenvalue weighted by molar-refractivity contribution is 0.0701. The zero-order valence-electron chi connectivity index (χ0n) is 18.0. The maximum absolute atomic E-state index is 12.4. The molecule has 176 valence electrons. The Hall–Kier alpha value is -4.58. The number of ether oxygens (including phenoxy) is 1. The van der Waals surface area contributed by atoms with Gasteiger partial charge < -0.3 is 15.2 Å². The van der Waals surface area contributed by atoms with E-state index in [-0.39, 0.29) is 35.7 Å². The summed E-state index contributed by atoms with van der Waals surface area (Å²) in [4.78, 5) is 43.5. The Bertz CT molecular complexity index is 1390. The van der Waals surface area contributed by atoms with Crippen molar-refractivity contribution >= 4 is 35.3 Å². The highest BCUT2D eigenvalue weighted by atomic mass is 32.1. The van der Waals surface area contributed by atoms with Crippen molar-refractivity contribution < 1.29 is 24.2 Å². The summed E-state index contributed by atoms with van der Waals surface area (Å²) in [7, 11) is 0. The van der Waals surface area contributed by atoms with E-state index < -0.39 is 18.0 Å². The lowest BCUT2D eigenvalue weighted by atomic mass is 9.98. The highest BCUT2D eigenvalue weighted by molar-refractivity contribution is 7.13. The Morgan fingerprint density at radius 2 is 1.74 bits per heavy atom. The van der Waals surface area contributed by atoms with Crippen LogP contribution in [0.4, 0.5) is 10.7 Å². The fourth-order valence-electron chi connectivity index (χ4n) is 3.88. The SMILES string of the molecule is O=C(Nc1n[nH]c(C(=O)NCc2ncc(C(=O)O)s2)n1)OCC1c2ccccc2-c2ccccc21. The largest absolute Gasteiger partial charge is 0.477 e. The number of benzene rings is 2. The fraction of sp³-hybridized carbons (Fsp3) is 0.130. The molecule has 0 bridgehead atoms. The second kappa shape index (κ2) is 9.35. The van der Waals surface area contributed by atoms with Gasteiger partial charge in [-0.15, -0.1) is 16.4 Å². The maximum atomic E-state index is 12.4. The van der Waals surface area contributed by atoms with Crippen LogP contribution in [0, 0.1) is 0 Å². The van der Waals surface area contributed by atoms with E-state index in [9.17, 15) is 14.4 Å². The number of thiazole rings is 1. The zero-order valence-corrected chi connectivity index (χ0v) is 18.8. The molecule has 0 saturated carbocycles. The number of nitrogens with one attached hydrogen (secondary N) is 3. The molecule has 0 unspecified atom stereocenters. The number of hydrogen-bond donors (Lipinski definition) is 4. The third kappa shape index (κ3) is 4.59. The van der Waals surface area contributed by atoms with Crippen molar-refractivity contribution in [3.63, 3.8) is 0 Å². The van der Waals surface area contributed by atoms with Crippen LogP contribution in [0.3, 0.4) is 0 Å². The lowest BCUT2D eigenvalue weighted by Gasteiger charge is -2.13. The first-order valence-corrected chi connectivity index (χ1v) is 11.3. The Labute approximate surface area is 202 Å². The van der Waals surface area contributed by atoms with Crippen molar-refractivity contribution in [1.82, 2.24) is 25.5 Å². The van der Waals surface area contributed by atoms with Crippen molar-refractivity contribution in [2.24, 2.45) is 0 Å². The number of anilines is 1. The number of nitrogens with zero attached hydrogens (tertiary/aromatic N) is 3. The van der Waals surface area contributed by atoms with Gasteiger partial charge in [-0.2, -0.15) is 4.98 Å². The van der Waals surface area contributed by atoms with Gasteiger partial charge in [-0.1, -0.05) is 48.5 Å². The summed E-state index contributed by atoms with van der Waals surface area (Å²) in [6.45, 7) is 0.149. The molecule has 1 aliphatic carbocycles. The summed E-state index contributed by atoms with van der Waals surface area (Å²) in [5.41, 5.74) is 4.43. The Balaban J connectivity index is 1.16. The summed E-state index contributed by atoms with van der Waals surface area (Å²) in [6.07, 6.45) is 0.473. The smallest absolute Gasteiger partial charge is 0.414 e. The number of amides is 2. The number of aromatic amines is 1. The number of carbonyl (C=O) groups is 3. The highest BCUT2D eigenvalue weighted by Crippen LogP contribution is 2.44. The molecule has 2 aromatic carbocycles. The van der Waals surface area contributed by atoms with E-state index in [2.05, 4.69) is 30.8 Å². The van der Waals surface area contributed by atoms with Gasteiger partial charge in [-0.25, -0.2) is 14.6 Å². The lowest BCUT2D eigenvalue weighted by Crippen LogP contribution is -2.24. The second-order valence-electron chi connectivity index (χ2n) is 7.56. The van der Waals surface area contributed by atoms with Crippen LogP contribution >= 0.6 is 11.3 Å². The van der Waals surface area contributed by atoms with Crippen LogP contribution in [-0.2, 0) is 11.3 Å². The van der Waals surface area contributed by atoms with E-state index in [1.54, 1.807) is 0 Å². The molecule has 4 aromatic rings. The molecule has 2 amide bonds. The van der Waals surface area contributed by atoms with Gasteiger partial charge in [0.1, 0.15) is 16.5 Å². The molecule has 0 aliphatic heterocycles. The third-order valence-electron chi connectivity index (χ3n) is 5.42. The molecule has 0 saturated heterocycles. The minimum atomic E-state index is -1.08. The fourth-order valence-corrected chi connectivity index (χ4v) is 4.57. The zero-order chi connectivity index (χ0) is 24.4. The summed E-state index contributed by atoms with van der Waals surface area (Å²) < 4.78 is 5.44. The molecule has 4 N–H and O–H groups in total. The molecule has 0 fully saturated rings. The molecule has 5 rings (SSSR count). The van der Waals surface area contributed by atoms with Gasteiger partial charge in [-0.05, 0) is 22.3 Å². The van der Waals surface area contributed by atoms with Crippen LogP contribution in [0.5, 0.6) is 0 Å². The van der Waals surface area contributed by atoms with Crippen molar-refractivity contribution in [1.29, 1.82) is 0 Å². The average molecular weight is 491 g/mol. The Morgan fingerprint density at radius 3 is 2.40 bits per heavy atom. The monoisotopic (exact) mass is 490 g/mol. The van der Waals surface area contributed by atoms with E-state index in [0.29, 0.717) is 5.01 Å². The van der Waals surface area contributed by atoms with E-state index in [4.69, 9.17) is 9.84 Å². The first kappa shape index (κ1) is 22.2. The average Bonchev–Trinajstić information content (AvgIpc) is 3.59. The normalized spacial score (nSPS) is 12.0. The van der Waals surface area contributed by atoms with Gasteiger partial charge in [-0.3, -0.25) is 15.2 Å². The van der Waals surface area contributed by atoms with Crippen molar-refractivity contribution in [2.45, 2.75) is 12.5 Å². The van der Waals surface area contributed by atoms with Crippen LogP contribution in [0.2, 0.25) is 0 Å². The number of H-pyrrole nitrogens is 1. The van der Waals surface area contributed by atoms with E-state index in [1.807, 2.05) is 48.5 Å². The van der Waals surface area contributed by atoms with Gasteiger partial charge in [0, 0.05) is 5.92 Å². The van der Waals surface area contributed by atoms with Crippen molar-refractivity contribution in [3.05, 3.63) is 81.6 Å². The molecule has 0 atom stereocenters. The third-order valence-corrected chi connectivity index (χ3v) is 6.41. The second-order valence-corrected chi connectivity index (χ2v) is 8.68. The van der Waals surface area contributed by atoms with E-state index in [1.165, 1.54) is 6.20 Å². The molecule has 2 aromatic heterocycles. The molecule has 1 aliphatic rings. The minimum absolute atomic E-state index is 0.0205. The van der Waals surface area contributed by atoms with Crippen LogP contribution in [0.15, 0.2) is 54.7 Å². The number of carboxylic acids is 1. The molecule has 12 heteroatoms. The van der Waals surface area contributed by atoms with Crippen LogP contribution in [-0.4, -0.2) is 49.8 Å². The number of hydrogen-bond acceptors (Lipinski definition) is 8.